The van der Waals surface area contributed by atoms with Crippen molar-refractivity contribution in [2.24, 2.45) is 0 Å². The van der Waals surface area contributed by atoms with E-state index in [-0.39, 0.29) is 5.91 Å². The minimum Gasteiger partial charge on any atom is -0.307 e. The van der Waals surface area contributed by atoms with Gasteiger partial charge in [-0.3, -0.25) is 4.79 Å². The van der Waals surface area contributed by atoms with Gasteiger partial charge in [-0.25, -0.2) is 0 Å². The second-order valence-corrected chi connectivity index (χ2v) is 5.02. The maximum Gasteiger partial charge on any atom is 0.245 e. The number of hydrogen-bond donors (Lipinski definition) is 0. The predicted octanol–water partition coefficient (Wildman–Crippen LogP) is 3.85. The first-order valence-electron chi connectivity index (χ1n) is 6.23. The first kappa shape index (κ1) is 13.6. The monoisotopic (exact) mass is 273 g/mol. The highest BCUT2D eigenvalue weighted by Gasteiger charge is 2.20. The van der Waals surface area contributed by atoms with Crippen LogP contribution in [0.1, 0.15) is 12.5 Å². The fourth-order valence-corrected chi connectivity index (χ4v) is 2.00. The minimum atomic E-state index is -0.538. The fourth-order valence-electron chi connectivity index (χ4n) is 1.89. The van der Waals surface area contributed by atoms with Crippen LogP contribution in [0.4, 0.5) is 5.69 Å². The van der Waals surface area contributed by atoms with E-state index in [1.54, 1.807) is 11.8 Å². The molecule has 19 heavy (non-hydrogen) atoms. The van der Waals surface area contributed by atoms with Crippen LogP contribution in [0.2, 0.25) is 0 Å². The minimum absolute atomic E-state index is 0.0864. The number of rotatable bonds is 4. The maximum absolute atomic E-state index is 12.2. The predicted molar refractivity (Wildman–Crippen MR) is 79.4 cm³/mol. The van der Waals surface area contributed by atoms with E-state index in [0.717, 1.165) is 11.3 Å². The third kappa shape index (κ3) is 3.58. The Balaban J connectivity index is 2.28. The molecule has 2 nitrogen and oxygen atoms in total. The van der Waals surface area contributed by atoms with E-state index in [9.17, 15) is 4.79 Å². The highest BCUT2D eigenvalue weighted by molar-refractivity contribution is 6.32. The molecule has 0 saturated heterocycles. The van der Waals surface area contributed by atoms with Gasteiger partial charge >= 0.3 is 0 Å². The fraction of sp³-hybridized carbons (Fsp3) is 0.188. The maximum atomic E-state index is 12.2. The van der Waals surface area contributed by atoms with Crippen molar-refractivity contribution in [2.75, 3.05) is 4.90 Å². The van der Waals surface area contributed by atoms with Gasteiger partial charge in [-0.05, 0) is 24.6 Å². The molecule has 0 aliphatic carbocycles. The second kappa shape index (κ2) is 6.39. The molecule has 0 fully saturated rings. The number of alkyl halides is 1. The number of carbonyl (C=O) groups excluding carboxylic acids is 1. The lowest BCUT2D eigenvalue weighted by molar-refractivity contribution is -0.118. The van der Waals surface area contributed by atoms with E-state index in [0.29, 0.717) is 6.54 Å². The summed E-state index contributed by atoms with van der Waals surface area (Å²) in [6.45, 7) is 2.23. The van der Waals surface area contributed by atoms with Gasteiger partial charge in [0, 0.05) is 5.69 Å². The molecule has 0 aliphatic rings. The molecule has 0 saturated carbocycles. The second-order valence-electron chi connectivity index (χ2n) is 4.36. The van der Waals surface area contributed by atoms with Crippen LogP contribution >= 0.6 is 11.6 Å². The van der Waals surface area contributed by atoms with Crippen LogP contribution in [0.5, 0.6) is 0 Å². The zero-order chi connectivity index (χ0) is 13.7. The van der Waals surface area contributed by atoms with Gasteiger partial charge in [0.2, 0.25) is 5.91 Å². The zero-order valence-corrected chi connectivity index (χ0v) is 11.5. The number of amides is 1. The van der Waals surface area contributed by atoms with Crippen molar-refractivity contribution in [1.82, 2.24) is 0 Å². The molecular weight excluding hydrogens is 258 g/mol. The molecule has 2 aromatic carbocycles. The molecule has 0 N–H and O–H groups in total. The molecule has 0 heterocycles. The van der Waals surface area contributed by atoms with Crippen molar-refractivity contribution in [2.45, 2.75) is 18.8 Å². The standard InChI is InChI=1S/C16H16ClNO/c1-13(17)16(19)18(15-10-6-3-7-11-15)12-14-8-4-2-5-9-14/h2-11,13H,12H2,1H3/t13-/m0/s1. The summed E-state index contributed by atoms with van der Waals surface area (Å²) < 4.78 is 0. The largest absolute Gasteiger partial charge is 0.307 e. The Morgan fingerprint density at radius 1 is 1.05 bits per heavy atom. The number of carbonyl (C=O) groups is 1. The van der Waals surface area contributed by atoms with E-state index >= 15 is 0 Å². The SMILES string of the molecule is C[C@H](Cl)C(=O)N(Cc1ccccc1)c1ccccc1. The number of para-hydroxylation sites is 1. The van der Waals surface area contributed by atoms with Crippen LogP contribution in [-0.4, -0.2) is 11.3 Å². The van der Waals surface area contributed by atoms with Crippen LogP contribution in [0.15, 0.2) is 60.7 Å². The van der Waals surface area contributed by atoms with Crippen molar-refractivity contribution in [3.05, 3.63) is 66.2 Å². The Morgan fingerprint density at radius 2 is 1.58 bits per heavy atom. The van der Waals surface area contributed by atoms with Gasteiger partial charge < -0.3 is 4.90 Å². The molecule has 0 aromatic heterocycles. The summed E-state index contributed by atoms with van der Waals surface area (Å²) in [7, 11) is 0. The number of nitrogens with zero attached hydrogens (tertiary/aromatic N) is 1. The normalized spacial score (nSPS) is 11.9. The number of benzene rings is 2. The molecule has 1 atom stereocenters. The highest BCUT2D eigenvalue weighted by atomic mass is 35.5. The smallest absolute Gasteiger partial charge is 0.245 e. The average molecular weight is 274 g/mol. The Labute approximate surface area is 118 Å². The van der Waals surface area contributed by atoms with Crippen molar-refractivity contribution in [1.29, 1.82) is 0 Å². The summed E-state index contributed by atoms with van der Waals surface area (Å²) in [6, 6.07) is 19.5. The third-order valence-electron chi connectivity index (χ3n) is 2.86. The summed E-state index contributed by atoms with van der Waals surface area (Å²) in [5.74, 6) is -0.0864. The molecule has 0 aliphatic heterocycles. The molecule has 3 heteroatoms. The molecule has 1 amide bonds. The van der Waals surface area contributed by atoms with Gasteiger partial charge in [0.05, 0.1) is 6.54 Å². The van der Waals surface area contributed by atoms with Crippen molar-refractivity contribution in [3.8, 4) is 0 Å². The summed E-state index contributed by atoms with van der Waals surface area (Å²) in [4.78, 5) is 14.0. The van der Waals surface area contributed by atoms with Gasteiger partial charge in [-0.2, -0.15) is 0 Å². The van der Waals surface area contributed by atoms with Gasteiger partial charge in [-0.1, -0.05) is 48.5 Å². The van der Waals surface area contributed by atoms with Crippen LogP contribution in [0.25, 0.3) is 0 Å². The van der Waals surface area contributed by atoms with Crippen LogP contribution in [0, 0.1) is 0 Å². The van der Waals surface area contributed by atoms with E-state index < -0.39 is 5.38 Å². The Kier molecular flexibility index (Phi) is 4.58. The Bertz CT molecular complexity index is 525. The summed E-state index contributed by atoms with van der Waals surface area (Å²) in [6.07, 6.45) is 0. The molecular formula is C16H16ClNO. The lowest BCUT2D eigenvalue weighted by Crippen LogP contribution is -2.35. The summed E-state index contributed by atoms with van der Waals surface area (Å²) >= 11 is 5.95. The molecule has 0 unspecified atom stereocenters. The zero-order valence-electron chi connectivity index (χ0n) is 10.8. The highest BCUT2D eigenvalue weighted by Crippen LogP contribution is 2.19. The van der Waals surface area contributed by atoms with Crippen molar-refractivity contribution < 1.29 is 4.79 Å². The van der Waals surface area contributed by atoms with Crippen molar-refractivity contribution >= 4 is 23.2 Å². The summed E-state index contributed by atoms with van der Waals surface area (Å²) in [5.41, 5.74) is 1.95. The number of hydrogen-bond acceptors (Lipinski definition) is 1. The molecule has 2 rings (SSSR count). The van der Waals surface area contributed by atoms with Gasteiger partial charge in [0.15, 0.2) is 0 Å². The van der Waals surface area contributed by atoms with Gasteiger partial charge in [0.1, 0.15) is 5.38 Å². The lowest BCUT2D eigenvalue weighted by atomic mass is 10.2. The lowest BCUT2D eigenvalue weighted by Gasteiger charge is -2.24. The molecule has 2 aromatic rings. The van der Waals surface area contributed by atoms with Gasteiger partial charge in [0.25, 0.3) is 0 Å². The number of halogens is 1. The van der Waals surface area contributed by atoms with Crippen molar-refractivity contribution in [3.63, 3.8) is 0 Å². The van der Waals surface area contributed by atoms with E-state index in [4.69, 9.17) is 11.6 Å². The van der Waals surface area contributed by atoms with Crippen LogP contribution in [0.3, 0.4) is 0 Å². The Hall–Kier alpha value is -1.80. The quantitative estimate of drug-likeness (QED) is 0.775. The molecule has 0 spiro atoms. The van der Waals surface area contributed by atoms with E-state index in [1.165, 1.54) is 0 Å². The number of anilines is 1. The molecule has 98 valence electrons. The van der Waals surface area contributed by atoms with Gasteiger partial charge in [-0.15, -0.1) is 11.6 Å². The van der Waals surface area contributed by atoms with Crippen LogP contribution < -0.4 is 4.90 Å². The Morgan fingerprint density at radius 3 is 2.11 bits per heavy atom. The topological polar surface area (TPSA) is 20.3 Å². The van der Waals surface area contributed by atoms with Crippen LogP contribution in [-0.2, 0) is 11.3 Å². The first-order valence-corrected chi connectivity index (χ1v) is 6.66. The third-order valence-corrected chi connectivity index (χ3v) is 3.04. The first-order chi connectivity index (χ1) is 9.18. The molecule has 0 radical (unpaired) electrons. The van der Waals surface area contributed by atoms with E-state index in [2.05, 4.69) is 0 Å². The molecule has 0 bridgehead atoms. The summed E-state index contributed by atoms with van der Waals surface area (Å²) in [5, 5.41) is -0.538. The van der Waals surface area contributed by atoms with E-state index in [1.807, 2.05) is 60.7 Å². The average Bonchev–Trinajstić information content (AvgIpc) is 2.46.